The number of rotatable bonds is 10. The van der Waals surface area contributed by atoms with E-state index in [1.807, 2.05) is 6.08 Å². The minimum absolute atomic E-state index is 0.242. The summed E-state index contributed by atoms with van der Waals surface area (Å²) in [4.78, 5) is 24.9. The van der Waals surface area contributed by atoms with Gasteiger partial charge in [0.1, 0.15) is 0 Å². The zero-order valence-electron chi connectivity index (χ0n) is 18.8. The average molecular weight is 401 g/mol. The highest BCUT2D eigenvalue weighted by Gasteiger charge is 2.51. The summed E-state index contributed by atoms with van der Waals surface area (Å²) in [6, 6.07) is 0. The maximum Gasteiger partial charge on any atom is 0.341 e. The van der Waals surface area contributed by atoms with Crippen LogP contribution in [0.4, 0.5) is 0 Å². The number of unbranched alkanes of at least 4 members (excludes halogenated alkanes) is 1. The Morgan fingerprint density at radius 2 is 1.66 bits per heavy atom. The normalized spacial score (nSPS) is 31.6. The molecule has 0 N–H and O–H groups in total. The second-order valence-corrected chi connectivity index (χ2v) is 10.4. The van der Waals surface area contributed by atoms with Crippen LogP contribution < -0.4 is 0 Å². The van der Waals surface area contributed by atoms with Gasteiger partial charge >= 0.3 is 11.9 Å². The van der Waals surface area contributed by atoms with Gasteiger partial charge in [-0.2, -0.15) is 0 Å². The van der Waals surface area contributed by atoms with Crippen molar-refractivity contribution < 1.29 is 14.3 Å². The summed E-state index contributed by atoms with van der Waals surface area (Å²) in [5.74, 6) is 2.10. The maximum absolute atomic E-state index is 12.5. The van der Waals surface area contributed by atoms with E-state index in [0.29, 0.717) is 23.5 Å². The zero-order valence-corrected chi connectivity index (χ0v) is 18.8. The van der Waals surface area contributed by atoms with Gasteiger partial charge in [-0.15, -0.1) is 0 Å². The Morgan fingerprint density at radius 1 is 1.07 bits per heavy atom. The highest BCUT2D eigenvalue weighted by molar-refractivity contribution is 6.01. The van der Waals surface area contributed by atoms with Crippen LogP contribution in [0.1, 0.15) is 97.8 Å². The van der Waals surface area contributed by atoms with Crippen LogP contribution in [-0.2, 0) is 14.3 Å². The molecule has 3 heteroatoms. The van der Waals surface area contributed by atoms with Crippen LogP contribution in [0.5, 0.6) is 0 Å². The van der Waals surface area contributed by atoms with Gasteiger partial charge in [0, 0.05) is 11.1 Å². The minimum atomic E-state index is -0.517. The molecule has 3 nitrogen and oxygen atoms in total. The molecule has 0 aromatic heterocycles. The lowest BCUT2D eigenvalue weighted by atomic mass is 9.48. The van der Waals surface area contributed by atoms with E-state index < -0.39 is 11.9 Å². The Bertz CT molecular complexity index is 622. The molecular formula is C26H40O3. The molecule has 1 unspecified atom stereocenters. The number of esters is 2. The fraction of sp³-hybridized carbons (Fsp3) is 0.769. The standard InChI is InChI=1S/C26H40O3/c1-5-7-8-20(6-2)10-9-18(3)24(27)29-25(28)19(4)14-26-15-21-11-22(16-26)13-23(12-21)17-26/h9,20-23H,4-8,10-17H2,1-3H3. The van der Waals surface area contributed by atoms with Crippen molar-refractivity contribution in [2.24, 2.45) is 29.1 Å². The van der Waals surface area contributed by atoms with Gasteiger partial charge < -0.3 is 4.74 Å². The summed E-state index contributed by atoms with van der Waals surface area (Å²) in [7, 11) is 0. The van der Waals surface area contributed by atoms with Crippen LogP contribution in [-0.4, -0.2) is 11.9 Å². The molecule has 29 heavy (non-hydrogen) atoms. The summed E-state index contributed by atoms with van der Waals surface area (Å²) < 4.78 is 5.19. The molecule has 162 valence electrons. The lowest BCUT2D eigenvalue weighted by Gasteiger charge is -2.57. The molecule has 0 aliphatic heterocycles. The second-order valence-electron chi connectivity index (χ2n) is 10.4. The van der Waals surface area contributed by atoms with Gasteiger partial charge in [0.2, 0.25) is 0 Å². The molecule has 4 rings (SSSR count). The zero-order chi connectivity index (χ0) is 21.0. The summed E-state index contributed by atoms with van der Waals surface area (Å²) in [6.07, 6.45) is 16.1. The smallest absolute Gasteiger partial charge is 0.341 e. The first-order chi connectivity index (χ1) is 13.8. The summed E-state index contributed by atoms with van der Waals surface area (Å²) in [5.41, 5.74) is 1.27. The molecule has 0 spiro atoms. The van der Waals surface area contributed by atoms with Crippen LogP contribution in [0.25, 0.3) is 0 Å². The molecule has 0 amide bonds. The van der Waals surface area contributed by atoms with Crippen LogP contribution in [0, 0.1) is 29.1 Å². The van der Waals surface area contributed by atoms with E-state index in [4.69, 9.17) is 4.74 Å². The summed E-state index contributed by atoms with van der Waals surface area (Å²) in [5, 5.41) is 0. The van der Waals surface area contributed by atoms with Crippen molar-refractivity contribution in [3.05, 3.63) is 23.8 Å². The Morgan fingerprint density at radius 3 is 2.17 bits per heavy atom. The molecule has 4 aliphatic rings. The van der Waals surface area contributed by atoms with Crippen LogP contribution in [0.3, 0.4) is 0 Å². The van der Waals surface area contributed by atoms with Gasteiger partial charge in [-0.25, -0.2) is 9.59 Å². The van der Waals surface area contributed by atoms with E-state index in [9.17, 15) is 9.59 Å². The summed E-state index contributed by atoms with van der Waals surface area (Å²) >= 11 is 0. The van der Waals surface area contributed by atoms with Crippen molar-refractivity contribution >= 4 is 11.9 Å². The van der Waals surface area contributed by atoms with Gasteiger partial charge in [-0.05, 0) is 87.4 Å². The SMILES string of the molecule is C=C(CC12CC3CC(CC(C3)C1)C2)C(=O)OC(=O)C(C)=CCC(CC)CCCC. The molecule has 0 radical (unpaired) electrons. The Labute approximate surface area is 177 Å². The summed E-state index contributed by atoms with van der Waals surface area (Å²) in [6.45, 7) is 10.2. The molecular weight excluding hydrogens is 360 g/mol. The molecule has 1 atom stereocenters. The number of allylic oxidation sites excluding steroid dienone is 1. The molecule has 0 heterocycles. The fourth-order valence-corrected chi connectivity index (χ4v) is 6.68. The van der Waals surface area contributed by atoms with Crippen molar-refractivity contribution in [2.45, 2.75) is 97.8 Å². The lowest BCUT2D eigenvalue weighted by Crippen LogP contribution is -2.46. The van der Waals surface area contributed by atoms with Gasteiger partial charge in [-0.1, -0.05) is 52.2 Å². The van der Waals surface area contributed by atoms with Gasteiger partial charge in [0.15, 0.2) is 0 Å². The highest BCUT2D eigenvalue weighted by Crippen LogP contribution is 2.61. The van der Waals surface area contributed by atoms with E-state index >= 15 is 0 Å². The quantitative estimate of drug-likeness (QED) is 0.231. The topological polar surface area (TPSA) is 43.4 Å². The van der Waals surface area contributed by atoms with E-state index in [0.717, 1.165) is 30.6 Å². The number of ether oxygens (including phenoxy) is 1. The van der Waals surface area contributed by atoms with E-state index in [2.05, 4.69) is 20.4 Å². The van der Waals surface area contributed by atoms with Crippen molar-refractivity contribution in [1.82, 2.24) is 0 Å². The van der Waals surface area contributed by atoms with E-state index in [1.54, 1.807) is 6.92 Å². The Hall–Kier alpha value is -1.38. The first kappa shape index (κ1) is 22.3. The molecule has 4 aliphatic carbocycles. The number of hydrogen-bond acceptors (Lipinski definition) is 3. The van der Waals surface area contributed by atoms with Crippen molar-refractivity contribution in [2.75, 3.05) is 0 Å². The number of carbonyl (C=O) groups excluding carboxylic acids is 2. The van der Waals surface area contributed by atoms with Crippen LogP contribution in [0.2, 0.25) is 0 Å². The third kappa shape index (κ3) is 5.61. The molecule has 4 saturated carbocycles. The second kappa shape index (κ2) is 9.62. The molecule has 4 fully saturated rings. The predicted octanol–water partition coefficient (Wildman–Crippen LogP) is 6.77. The maximum atomic E-state index is 12.5. The average Bonchev–Trinajstić information content (AvgIpc) is 2.66. The van der Waals surface area contributed by atoms with Crippen LogP contribution in [0.15, 0.2) is 23.8 Å². The molecule has 4 bridgehead atoms. The largest absolute Gasteiger partial charge is 0.386 e. The molecule has 0 aromatic carbocycles. The third-order valence-electron chi connectivity index (χ3n) is 7.85. The molecule has 0 saturated heterocycles. The van der Waals surface area contributed by atoms with Gasteiger partial charge in [0.25, 0.3) is 0 Å². The van der Waals surface area contributed by atoms with Crippen molar-refractivity contribution in [1.29, 1.82) is 0 Å². The fourth-order valence-electron chi connectivity index (χ4n) is 6.68. The first-order valence-electron chi connectivity index (χ1n) is 11.9. The monoisotopic (exact) mass is 400 g/mol. The lowest BCUT2D eigenvalue weighted by molar-refractivity contribution is -0.154. The van der Waals surface area contributed by atoms with E-state index in [-0.39, 0.29) is 5.41 Å². The highest BCUT2D eigenvalue weighted by atomic mass is 16.6. The van der Waals surface area contributed by atoms with Crippen LogP contribution >= 0.6 is 0 Å². The van der Waals surface area contributed by atoms with Gasteiger partial charge in [-0.3, -0.25) is 0 Å². The van der Waals surface area contributed by atoms with Crippen molar-refractivity contribution in [3.63, 3.8) is 0 Å². The van der Waals surface area contributed by atoms with E-state index in [1.165, 1.54) is 57.8 Å². The van der Waals surface area contributed by atoms with Gasteiger partial charge in [0.05, 0.1) is 0 Å². The number of hydrogen-bond donors (Lipinski definition) is 0. The minimum Gasteiger partial charge on any atom is -0.386 e. The first-order valence-corrected chi connectivity index (χ1v) is 11.9. The number of carbonyl (C=O) groups is 2. The molecule has 0 aromatic rings. The van der Waals surface area contributed by atoms with Crippen molar-refractivity contribution in [3.8, 4) is 0 Å². The Balaban J connectivity index is 1.49. The predicted molar refractivity (Wildman–Crippen MR) is 117 cm³/mol. The third-order valence-corrected chi connectivity index (χ3v) is 7.85. The Kier molecular flexibility index (Phi) is 7.40.